The van der Waals surface area contributed by atoms with Gasteiger partial charge in [0.1, 0.15) is 22.5 Å². The number of carbonyl (C=O) groups excluding carboxylic acids is 3. The van der Waals surface area contributed by atoms with E-state index in [2.05, 4.69) is 15.3 Å². The van der Waals surface area contributed by atoms with Gasteiger partial charge in [0.25, 0.3) is 11.5 Å². The number of pyridine rings is 2. The van der Waals surface area contributed by atoms with E-state index >= 15 is 0 Å². The molecule has 0 aliphatic heterocycles. The zero-order valence-electron chi connectivity index (χ0n) is 26.6. The summed E-state index contributed by atoms with van der Waals surface area (Å²) in [6.45, 7) is 11.5. The quantitative estimate of drug-likeness (QED) is 0.296. The molecule has 1 aliphatic carbocycles. The van der Waals surface area contributed by atoms with E-state index in [1.165, 1.54) is 15.0 Å². The Kier molecular flexibility index (Phi) is 8.68. The molecule has 0 atom stereocenters. The number of hydrogen-bond donors (Lipinski definition) is 1. The Morgan fingerprint density at radius 2 is 1.76 bits per heavy atom. The minimum Gasteiger partial charge on any atom is -0.444 e. The van der Waals surface area contributed by atoms with Crippen LogP contribution < -0.4 is 10.9 Å². The summed E-state index contributed by atoms with van der Waals surface area (Å²) in [6.07, 6.45) is 5.33. The molecule has 2 amide bonds. The molecule has 0 radical (unpaired) electrons. The van der Waals surface area contributed by atoms with Crippen molar-refractivity contribution >= 4 is 34.8 Å². The van der Waals surface area contributed by atoms with Crippen molar-refractivity contribution in [1.29, 1.82) is 0 Å². The van der Waals surface area contributed by atoms with E-state index in [1.54, 1.807) is 68.4 Å². The number of nitrogens with zero attached hydrogens (tertiary/aromatic N) is 5. The van der Waals surface area contributed by atoms with Crippen LogP contribution in [0, 0.1) is 5.92 Å². The molecular formula is C33H40N6O6. The van der Waals surface area contributed by atoms with Crippen molar-refractivity contribution in [2.75, 3.05) is 6.54 Å². The highest BCUT2D eigenvalue weighted by atomic mass is 16.6. The molecule has 5 rings (SSSR count). The lowest BCUT2D eigenvalue weighted by Gasteiger charge is -2.33. The van der Waals surface area contributed by atoms with Crippen LogP contribution in [0.15, 0.2) is 53.6 Å². The van der Waals surface area contributed by atoms with E-state index in [4.69, 9.17) is 9.47 Å². The third kappa shape index (κ3) is 7.68. The Bertz CT molecular complexity index is 1810. The average Bonchev–Trinajstić information content (AvgIpc) is 3.28. The summed E-state index contributed by atoms with van der Waals surface area (Å²) in [4.78, 5) is 62.8. The molecule has 0 spiro atoms. The van der Waals surface area contributed by atoms with E-state index in [0.29, 0.717) is 40.4 Å². The van der Waals surface area contributed by atoms with Gasteiger partial charge in [-0.2, -0.15) is 0 Å². The van der Waals surface area contributed by atoms with Crippen molar-refractivity contribution in [1.82, 2.24) is 29.2 Å². The number of aromatic nitrogens is 4. The number of fused-ring (bicyclic) bond motifs is 2. The molecule has 238 valence electrons. The molecule has 1 fully saturated rings. The zero-order valence-corrected chi connectivity index (χ0v) is 26.6. The molecule has 12 nitrogen and oxygen atoms in total. The van der Waals surface area contributed by atoms with Crippen LogP contribution in [-0.4, -0.2) is 59.7 Å². The van der Waals surface area contributed by atoms with Crippen LogP contribution in [0.1, 0.15) is 82.6 Å². The number of ether oxygens (including phenoxy) is 2. The molecule has 45 heavy (non-hydrogen) atoms. The molecule has 12 heteroatoms. The third-order valence-corrected chi connectivity index (χ3v) is 7.33. The van der Waals surface area contributed by atoms with E-state index in [-0.39, 0.29) is 24.3 Å². The number of nitrogens with one attached hydrogen (secondary N) is 1. The standard InChI is InChI=1S/C33H40N6O6/c1-32(2,3)44-30(42)37(19-21-10-9-11-21)20-23-15-24-26(39(23)31(43)45-33(4,5)6)14-22(17-34-24)18-35-29(41)25-16-28(40)38-13-8-7-12-27(38)36-25/h7-8,12-17,21H,9-11,18-20H2,1-6H3,(H,35,41). The number of rotatable bonds is 7. The Labute approximate surface area is 261 Å². The smallest absolute Gasteiger partial charge is 0.419 e. The normalized spacial score (nSPS) is 13.8. The van der Waals surface area contributed by atoms with Gasteiger partial charge in [0, 0.05) is 31.5 Å². The Morgan fingerprint density at radius 3 is 2.42 bits per heavy atom. The first kappa shape index (κ1) is 31.7. The van der Waals surface area contributed by atoms with Crippen molar-refractivity contribution in [2.24, 2.45) is 5.92 Å². The topological polar surface area (TPSA) is 137 Å². The lowest BCUT2D eigenvalue weighted by Crippen LogP contribution is -2.41. The SMILES string of the molecule is CC(C)(C)OC(=O)N(Cc1cc2ncc(CNC(=O)c3cc(=O)n4ccccc4n3)cc2n1C(=O)OC(C)(C)C)CC1CCC1. The second-order valence-corrected chi connectivity index (χ2v) is 13.4. The molecule has 0 bridgehead atoms. The molecule has 4 aromatic rings. The molecule has 1 aliphatic rings. The first-order valence-corrected chi connectivity index (χ1v) is 15.1. The van der Waals surface area contributed by atoms with Gasteiger partial charge in [0.05, 0.1) is 23.3 Å². The highest BCUT2D eigenvalue weighted by molar-refractivity contribution is 5.93. The molecule has 4 aromatic heterocycles. The molecule has 1 N–H and O–H groups in total. The maximum Gasteiger partial charge on any atom is 0.419 e. The summed E-state index contributed by atoms with van der Waals surface area (Å²) in [5.74, 6) is -0.149. The largest absolute Gasteiger partial charge is 0.444 e. The van der Waals surface area contributed by atoms with Crippen molar-refractivity contribution in [3.05, 3.63) is 76.1 Å². The summed E-state index contributed by atoms with van der Waals surface area (Å²) in [5, 5.41) is 2.78. The second kappa shape index (κ2) is 12.3. The molecule has 4 heterocycles. The van der Waals surface area contributed by atoms with Gasteiger partial charge in [0.2, 0.25) is 0 Å². The monoisotopic (exact) mass is 616 g/mol. The van der Waals surface area contributed by atoms with Crippen LogP contribution in [0.3, 0.4) is 0 Å². The highest BCUT2D eigenvalue weighted by Crippen LogP contribution is 2.29. The van der Waals surface area contributed by atoms with E-state index < -0.39 is 29.3 Å². The van der Waals surface area contributed by atoms with Crippen molar-refractivity contribution < 1.29 is 23.9 Å². The van der Waals surface area contributed by atoms with Crippen LogP contribution in [0.2, 0.25) is 0 Å². The zero-order chi connectivity index (χ0) is 32.5. The fourth-order valence-corrected chi connectivity index (χ4v) is 5.06. The van der Waals surface area contributed by atoms with Crippen molar-refractivity contribution in [2.45, 2.75) is 85.1 Å². The highest BCUT2D eigenvalue weighted by Gasteiger charge is 2.30. The summed E-state index contributed by atoms with van der Waals surface area (Å²) >= 11 is 0. The van der Waals surface area contributed by atoms with Crippen LogP contribution in [0.5, 0.6) is 0 Å². The van der Waals surface area contributed by atoms with Gasteiger partial charge in [-0.15, -0.1) is 0 Å². The van der Waals surface area contributed by atoms with Crippen LogP contribution in [0.25, 0.3) is 16.7 Å². The summed E-state index contributed by atoms with van der Waals surface area (Å²) in [5.41, 5.74) is 0.682. The molecule has 0 unspecified atom stereocenters. The van der Waals surface area contributed by atoms with Gasteiger partial charge < -0.3 is 19.7 Å². The fraction of sp³-hybridized carbons (Fsp3) is 0.455. The van der Waals surface area contributed by atoms with Crippen molar-refractivity contribution in [3.63, 3.8) is 0 Å². The van der Waals surface area contributed by atoms with Crippen LogP contribution >= 0.6 is 0 Å². The van der Waals surface area contributed by atoms with Gasteiger partial charge in [-0.05, 0) is 90.1 Å². The molecule has 0 aromatic carbocycles. The van der Waals surface area contributed by atoms with Gasteiger partial charge in [0.15, 0.2) is 0 Å². The van der Waals surface area contributed by atoms with E-state index in [0.717, 1.165) is 19.3 Å². The molecule has 0 saturated heterocycles. The number of amides is 2. The second-order valence-electron chi connectivity index (χ2n) is 13.4. The molecule has 1 saturated carbocycles. The Balaban J connectivity index is 1.44. The molecular weight excluding hydrogens is 576 g/mol. The number of hydrogen-bond acceptors (Lipinski definition) is 8. The summed E-state index contributed by atoms with van der Waals surface area (Å²) < 4.78 is 14.3. The third-order valence-electron chi connectivity index (χ3n) is 7.33. The van der Waals surface area contributed by atoms with Crippen LogP contribution in [-0.2, 0) is 22.6 Å². The van der Waals surface area contributed by atoms with E-state index in [1.807, 2.05) is 20.8 Å². The Morgan fingerprint density at radius 1 is 1.02 bits per heavy atom. The Hall–Kier alpha value is -4.74. The predicted octanol–water partition coefficient (Wildman–Crippen LogP) is 5.29. The minimum absolute atomic E-state index is 0.00616. The predicted molar refractivity (Wildman–Crippen MR) is 168 cm³/mol. The summed E-state index contributed by atoms with van der Waals surface area (Å²) in [6, 6.07) is 9.80. The van der Waals surface area contributed by atoms with Gasteiger partial charge >= 0.3 is 12.2 Å². The first-order valence-electron chi connectivity index (χ1n) is 15.1. The van der Waals surface area contributed by atoms with E-state index in [9.17, 15) is 19.2 Å². The number of carbonyl (C=O) groups is 3. The first-order chi connectivity index (χ1) is 21.2. The van der Waals surface area contributed by atoms with Crippen molar-refractivity contribution in [3.8, 4) is 0 Å². The minimum atomic E-state index is -0.772. The van der Waals surface area contributed by atoms with Gasteiger partial charge in [-0.3, -0.25) is 19.0 Å². The van der Waals surface area contributed by atoms with Gasteiger partial charge in [-0.25, -0.2) is 19.1 Å². The average molecular weight is 617 g/mol. The fourth-order valence-electron chi connectivity index (χ4n) is 5.06. The summed E-state index contributed by atoms with van der Waals surface area (Å²) in [7, 11) is 0. The van der Waals surface area contributed by atoms with Gasteiger partial charge in [-0.1, -0.05) is 12.5 Å². The lowest BCUT2D eigenvalue weighted by molar-refractivity contribution is 0.0163. The lowest BCUT2D eigenvalue weighted by atomic mass is 9.85. The van der Waals surface area contributed by atoms with Crippen LogP contribution in [0.4, 0.5) is 9.59 Å². The maximum absolute atomic E-state index is 13.6. The maximum atomic E-state index is 13.6.